The Morgan fingerprint density at radius 3 is 3.09 bits per heavy atom. The number of hydrogen-bond acceptors (Lipinski definition) is 6. The molecule has 1 aliphatic heterocycles. The highest BCUT2D eigenvalue weighted by molar-refractivity contribution is 7.99. The minimum absolute atomic E-state index is 0.0794. The molecule has 0 aliphatic carbocycles. The molecule has 2 aromatic heterocycles. The molecule has 23 heavy (non-hydrogen) atoms. The van der Waals surface area contributed by atoms with E-state index in [4.69, 9.17) is 0 Å². The van der Waals surface area contributed by atoms with Crippen molar-refractivity contribution in [3.8, 4) is 6.07 Å². The van der Waals surface area contributed by atoms with Gasteiger partial charge < -0.3 is 4.90 Å². The SMILES string of the molecule is Cc1nnc(SCC(=O)N2CCc3sccc3C2)c(C#N)c1C. The minimum Gasteiger partial charge on any atom is -0.337 e. The van der Waals surface area contributed by atoms with Crippen LogP contribution in [0.25, 0.3) is 0 Å². The fourth-order valence-corrected chi connectivity index (χ4v) is 4.28. The van der Waals surface area contributed by atoms with Gasteiger partial charge in [-0.3, -0.25) is 4.79 Å². The van der Waals surface area contributed by atoms with Crippen LogP contribution in [0, 0.1) is 25.2 Å². The van der Waals surface area contributed by atoms with E-state index in [0.29, 0.717) is 17.1 Å². The van der Waals surface area contributed by atoms with Crippen LogP contribution in [0.1, 0.15) is 27.3 Å². The summed E-state index contributed by atoms with van der Waals surface area (Å²) >= 11 is 3.05. The lowest BCUT2D eigenvalue weighted by atomic mass is 10.1. The van der Waals surface area contributed by atoms with Crippen LogP contribution in [-0.2, 0) is 17.8 Å². The number of thioether (sulfide) groups is 1. The highest BCUT2D eigenvalue weighted by Gasteiger charge is 2.22. The number of amides is 1. The zero-order chi connectivity index (χ0) is 16.4. The molecule has 0 saturated heterocycles. The van der Waals surface area contributed by atoms with Crippen LogP contribution in [0.15, 0.2) is 16.5 Å². The number of carbonyl (C=O) groups is 1. The van der Waals surface area contributed by atoms with Crippen molar-refractivity contribution in [2.24, 2.45) is 0 Å². The van der Waals surface area contributed by atoms with Crippen LogP contribution in [0.4, 0.5) is 0 Å². The Bertz CT molecular complexity index is 794. The summed E-state index contributed by atoms with van der Waals surface area (Å²) in [6, 6.07) is 4.26. The minimum atomic E-state index is 0.0794. The van der Waals surface area contributed by atoms with Gasteiger partial charge in [0, 0.05) is 18.0 Å². The van der Waals surface area contributed by atoms with Gasteiger partial charge in [0.1, 0.15) is 11.1 Å². The second-order valence-corrected chi connectivity index (χ2v) is 7.39. The summed E-state index contributed by atoms with van der Waals surface area (Å²) in [5.74, 6) is 0.362. The molecule has 0 N–H and O–H groups in total. The van der Waals surface area contributed by atoms with Gasteiger partial charge in [-0.1, -0.05) is 11.8 Å². The van der Waals surface area contributed by atoms with E-state index in [1.165, 1.54) is 22.2 Å². The van der Waals surface area contributed by atoms with E-state index in [9.17, 15) is 10.1 Å². The lowest BCUT2D eigenvalue weighted by Gasteiger charge is -2.26. The van der Waals surface area contributed by atoms with Crippen LogP contribution in [0.3, 0.4) is 0 Å². The molecular weight excluding hydrogens is 328 g/mol. The Balaban J connectivity index is 1.67. The molecule has 3 rings (SSSR count). The van der Waals surface area contributed by atoms with Crippen molar-refractivity contribution in [1.29, 1.82) is 5.26 Å². The summed E-state index contributed by atoms with van der Waals surface area (Å²) in [7, 11) is 0. The topological polar surface area (TPSA) is 69.9 Å². The van der Waals surface area contributed by atoms with Gasteiger partial charge in [0.05, 0.1) is 17.0 Å². The molecule has 0 saturated carbocycles. The van der Waals surface area contributed by atoms with Gasteiger partial charge in [0.2, 0.25) is 5.91 Å². The molecule has 0 atom stereocenters. The molecule has 1 aliphatic rings. The van der Waals surface area contributed by atoms with Gasteiger partial charge in [0.25, 0.3) is 0 Å². The lowest BCUT2D eigenvalue weighted by molar-refractivity contribution is -0.129. The second-order valence-electron chi connectivity index (χ2n) is 5.43. The second kappa shape index (κ2) is 6.69. The molecule has 0 radical (unpaired) electrons. The first kappa shape index (κ1) is 16.0. The third-order valence-corrected chi connectivity index (χ3v) is 6.00. The standard InChI is InChI=1S/C16H16N4OS2/c1-10-11(2)18-19-16(13(10)7-17)23-9-15(21)20-5-3-14-12(8-20)4-6-22-14/h4,6H,3,5,8-9H2,1-2H3. The molecule has 0 unspecified atom stereocenters. The highest BCUT2D eigenvalue weighted by Crippen LogP contribution is 2.26. The van der Waals surface area contributed by atoms with E-state index < -0.39 is 0 Å². The predicted molar refractivity (Wildman–Crippen MR) is 90.4 cm³/mol. The Hall–Kier alpha value is -1.91. The van der Waals surface area contributed by atoms with Crippen LogP contribution in [0.5, 0.6) is 0 Å². The van der Waals surface area contributed by atoms with E-state index in [2.05, 4.69) is 27.7 Å². The average molecular weight is 344 g/mol. The van der Waals surface area contributed by atoms with Crippen molar-refractivity contribution in [1.82, 2.24) is 15.1 Å². The first-order valence-electron chi connectivity index (χ1n) is 7.30. The van der Waals surface area contributed by atoms with Crippen molar-refractivity contribution in [2.45, 2.75) is 31.8 Å². The van der Waals surface area contributed by atoms with E-state index in [1.807, 2.05) is 18.7 Å². The van der Waals surface area contributed by atoms with Crippen molar-refractivity contribution in [2.75, 3.05) is 12.3 Å². The normalized spacial score (nSPS) is 13.5. The van der Waals surface area contributed by atoms with Crippen molar-refractivity contribution >= 4 is 29.0 Å². The van der Waals surface area contributed by atoms with Gasteiger partial charge in [-0.2, -0.15) is 10.4 Å². The molecule has 0 fully saturated rings. The molecule has 5 nitrogen and oxygen atoms in total. The van der Waals surface area contributed by atoms with E-state index in [0.717, 1.165) is 24.2 Å². The largest absolute Gasteiger partial charge is 0.337 e. The number of rotatable bonds is 3. The van der Waals surface area contributed by atoms with E-state index in [1.54, 1.807) is 11.3 Å². The van der Waals surface area contributed by atoms with Gasteiger partial charge in [-0.25, -0.2) is 0 Å². The van der Waals surface area contributed by atoms with Crippen LogP contribution in [-0.4, -0.2) is 33.3 Å². The van der Waals surface area contributed by atoms with Crippen LogP contribution >= 0.6 is 23.1 Å². The summed E-state index contributed by atoms with van der Waals surface area (Å²) in [5.41, 5.74) is 3.36. The smallest absolute Gasteiger partial charge is 0.233 e. The number of aromatic nitrogens is 2. The number of nitriles is 1. The number of nitrogens with zero attached hydrogens (tertiary/aromatic N) is 4. The molecule has 1 amide bonds. The third-order valence-electron chi connectivity index (χ3n) is 4.03. The van der Waals surface area contributed by atoms with Gasteiger partial charge in [-0.05, 0) is 42.8 Å². The molecule has 2 aromatic rings. The lowest BCUT2D eigenvalue weighted by Crippen LogP contribution is -2.36. The van der Waals surface area contributed by atoms with Gasteiger partial charge >= 0.3 is 0 Å². The monoisotopic (exact) mass is 344 g/mol. The number of thiophene rings is 1. The summed E-state index contributed by atoms with van der Waals surface area (Å²) < 4.78 is 0. The van der Waals surface area contributed by atoms with Crippen LogP contribution in [0.2, 0.25) is 0 Å². The van der Waals surface area contributed by atoms with Gasteiger partial charge in [-0.15, -0.1) is 16.4 Å². The predicted octanol–water partition coefficient (Wildman–Crippen LogP) is 2.70. The average Bonchev–Trinajstić information content (AvgIpc) is 3.03. The zero-order valence-electron chi connectivity index (χ0n) is 13.0. The molecule has 0 aromatic carbocycles. The number of fused-ring (bicyclic) bond motifs is 1. The maximum atomic E-state index is 12.4. The Morgan fingerprint density at radius 1 is 1.48 bits per heavy atom. The summed E-state index contributed by atoms with van der Waals surface area (Å²) in [5, 5.41) is 20.0. The molecule has 7 heteroatoms. The fourth-order valence-electron chi connectivity index (χ4n) is 2.50. The molecule has 0 spiro atoms. The maximum Gasteiger partial charge on any atom is 0.233 e. The number of carbonyl (C=O) groups excluding carboxylic acids is 1. The number of hydrogen-bond donors (Lipinski definition) is 0. The highest BCUT2D eigenvalue weighted by atomic mass is 32.2. The fraction of sp³-hybridized carbons (Fsp3) is 0.375. The summed E-state index contributed by atoms with van der Waals surface area (Å²) in [6.45, 7) is 5.13. The van der Waals surface area contributed by atoms with Crippen molar-refractivity contribution < 1.29 is 4.79 Å². The molecule has 118 valence electrons. The molecule has 0 bridgehead atoms. The number of aryl methyl sites for hydroxylation is 1. The first-order chi connectivity index (χ1) is 11.1. The van der Waals surface area contributed by atoms with E-state index in [-0.39, 0.29) is 11.7 Å². The first-order valence-corrected chi connectivity index (χ1v) is 9.16. The van der Waals surface area contributed by atoms with E-state index >= 15 is 0 Å². The molecular formula is C16H16N4OS2. The Labute approximate surface area is 143 Å². The summed E-state index contributed by atoms with van der Waals surface area (Å²) in [6.07, 6.45) is 0.927. The quantitative estimate of drug-likeness (QED) is 0.801. The molecule has 3 heterocycles. The Morgan fingerprint density at radius 2 is 2.30 bits per heavy atom. The third kappa shape index (κ3) is 3.23. The van der Waals surface area contributed by atoms with Gasteiger partial charge in [0.15, 0.2) is 0 Å². The summed E-state index contributed by atoms with van der Waals surface area (Å²) in [4.78, 5) is 15.7. The maximum absolute atomic E-state index is 12.4. The Kier molecular flexibility index (Phi) is 4.64. The van der Waals surface area contributed by atoms with Crippen LogP contribution < -0.4 is 0 Å². The van der Waals surface area contributed by atoms with Crippen molar-refractivity contribution in [3.05, 3.63) is 38.7 Å². The zero-order valence-corrected chi connectivity index (χ0v) is 14.6. The van der Waals surface area contributed by atoms with Crippen molar-refractivity contribution in [3.63, 3.8) is 0 Å².